The zero-order chi connectivity index (χ0) is 20.5. The van der Waals surface area contributed by atoms with Gasteiger partial charge < -0.3 is 5.32 Å². The van der Waals surface area contributed by atoms with E-state index in [-0.39, 0.29) is 24.3 Å². The van der Waals surface area contributed by atoms with Gasteiger partial charge in [-0.15, -0.1) is 11.3 Å². The third-order valence-corrected chi connectivity index (χ3v) is 5.56. The number of nitrogens with zero attached hydrogens (tertiary/aromatic N) is 3. The summed E-state index contributed by atoms with van der Waals surface area (Å²) in [4.78, 5) is 43.4. The molecule has 0 saturated carbocycles. The Balaban J connectivity index is 1.86. The van der Waals surface area contributed by atoms with Crippen LogP contribution in [0.5, 0.6) is 0 Å². The molecule has 1 aromatic carbocycles. The lowest BCUT2D eigenvalue weighted by Gasteiger charge is -2.12. The molecule has 1 N–H and O–H groups in total. The van der Waals surface area contributed by atoms with Crippen molar-refractivity contribution in [1.82, 2.24) is 14.1 Å². The van der Waals surface area contributed by atoms with E-state index < -0.39 is 17.4 Å². The second-order valence-electron chi connectivity index (χ2n) is 6.52. The molecular formula is C20H17FN4O3S. The molecule has 7 nitrogen and oxygen atoms in total. The lowest BCUT2D eigenvalue weighted by molar-refractivity contribution is -0.116. The van der Waals surface area contributed by atoms with Crippen molar-refractivity contribution in [2.24, 2.45) is 0 Å². The highest BCUT2D eigenvalue weighted by molar-refractivity contribution is 7.25. The molecule has 4 aromatic rings. The predicted octanol–water partition coefficient (Wildman–Crippen LogP) is 2.96. The number of hydrogen-bond donors (Lipinski definition) is 1. The number of hydrogen-bond acceptors (Lipinski definition) is 5. The molecule has 29 heavy (non-hydrogen) atoms. The molecule has 0 aliphatic heterocycles. The Bertz CT molecular complexity index is 1360. The molecule has 0 radical (unpaired) electrons. The molecule has 0 unspecified atom stereocenters. The second-order valence-corrected chi connectivity index (χ2v) is 7.52. The summed E-state index contributed by atoms with van der Waals surface area (Å²) in [7, 11) is 0. The first-order valence-corrected chi connectivity index (χ1v) is 9.87. The lowest BCUT2D eigenvalue weighted by atomic mass is 10.3. The molecule has 0 fully saturated rings. The van der Waals surface area contributed by atoms with Gasteiger partial charge in [0, 0.05) is 23.8 Å². The average Bonchev–Trinajstić information content (AvgIpc) is 3.08. The SMILES string of the molecule is CCCn1c(=O)c2sc3ncccc3c2n(CC(=O)Nc2cccc(F)c2)c1=O. The summed E-state index contributed by atoms with van der Waals surface area (Å²) < 4.78 is 16.2. The molecule has 148 valence electrons. The molecule has 1 amide bonds. The minimum Gasteiger partial charge on any atom is -0.324 e. The number of fused-ring (bicyclic) bond motifs is 3. The fraction of sp³-hybridized carbons (Fsp3) is 0.200. The molecule has 3 heterocycles. The van der Waals surface area contributed by atoms with Crippen LogP contribution in [0.3, 0.4) is 0 Å². The first-order valence-electron chi connectivity index (χ1n) is 9.06. The minimum absolute atomic E-state index is 0.251. The van der Waals surface area contributed by atoms with Crippen molar-refractivity contribution in [2.45, 2.75) is 26.4 Å². The van der Waals surface area contributed by atoms with E-state index in [4.69, 9.17) is 0 Å². The smallest absolute Gasteiger partial charge is 0.324 e. The summed E-state index contributed by atoms with van der Waals surface area (Å²) in [5.41, 5.74) is -0.244. The Morgan fingerprint density at radius 2 is 2.03 bits per heavy atom. The lowest BCUT2D eigenvalue weighted by Crippen LogP contribution is -2.41. The highest BCUT2D eigenvalue weighted by Crippen LogP contribution is 2.29. The van der Waals surface area contributed by atoms with Crippen LogP contribution in [0.25, 0.3) is 20.4 Å². The number of rotatable bonds is 5. The van der Waals surface area contributed by atoms with E-state index in [1.165, 1.54) is 34.1 Å². The summed E-state index contributed by atoms with van der Waals surface area (Å²) in [6, 6.07) is 8.99. The van der Waals surface area contributed by atoms with E-state index in [1.807, 2.05) is 6.92 Å². The van der Waals surface area contributed by atoms with Crippen molar-refractivity contribution < 1.29 is 9.18 Å². The van der Waals surface area contributed by atoms with Gasteiger partial charge in [-0.3, -0.25) is 18.7 Å². The number of halogens is 1. The first kappa shape index (κ1) is 19.0. The zero-order valence-corrected chi connectivity index (χ0v) is 16.3. The number of anilines is 1. The first-order chi connectivity index (χ1) is 14.0. The number of carbonyl (C=O) groups is 1. The van der Waals surface area contributed by atoms with Crippen LogP contribution < -0.4 is 16.6 Å². The molecule has 3 aromatic heterocycles. The summed E-state index contributed by atoms with van der Waals surface area (Å²) in [6.07, 6.45) is 2.21. The van der Waals surface area contributed by atoms with Crippen molar-refractivity contribution in [2.75, 3.05) is 5.32 Å². The minimum atomic E-state index is -0.553. The summed E-state index contributed by atoms with van der Waals surface area (Å²) in [6.45, 7) is 1.81. The third-order valence-electron chi connectivity index (χ3n) is 4.47. The quantitative estimate of drug-likeness (QED) is 0.546. The van der Waals surface area contributed by atoms with Gasteiger partial charge >= 0.3 is 5.69 Å². The molecule has 0 atom stereocenters. The van der Waals surface area contributed by atoms with Gasteiger partial charge in [0.25, 0.3) is 5.56 Å². The van der Waals surface area contributed by atoms with Crippen LogP contribution in [0.4, 0.5) is 10.1 Å². The monoisotopic (exact) mass is 412 g/mol. The van der Waals surface area contributed by atoms with Crippen LogP contribution in [0, 0.1) is 5.82 Å². The Labute approximate surface area is 168 Å². The highest BCUT2D eigenvalue weighted by Gasteiger charge is 2.20. The van der Waals surface area contributed by atoms with Crippen LogP contribution in [0.2, 0.25) is 0 Å². The number of aromatic nitrogens is 3. The average molecular weight is 412 g/mol. The molecule has 0 bridgehead atoms. The predicted molar refractivity (Wildman–Crippen MR) is 111 cm³/mol. The maximum atomic E-state index is 13.4. The van der Waals surface area contributed by atoms with Crippen LogP contribution >= 0.6 is 11.3 Å². The van der Waals surface area contributed by atoms with Crippen molar-refractivity contribution in [3.05, 3.63) is 69.3 Å². The summed E-state index contributed by atoms with van der Waals surface area (Å²) >= 11 is 1.20. The second kappa shape index (κ2) is 7.59. The van der Waals surface area contributed by atoms with Gasteiger partial charge in [0.1, 0.15) is 21.9 Å². The highest BCUT2D eigenvalue weighted by atomic mass is 32.1. The Hall–Kier alpha value is -3.33. The summed E-state index contributed by atoms with van der Waals surface area (Å²) in [5, 5.41) is 3.23. The van der Waals surface area contributed by atoms with Gasteiger partial charge in [-0.1, -0.05) is 13.0 Å². The molecule has 0 saturated heterocycles. The maximum Gasteiger partial charge on any atom is 0.332 e. The molecule has 9 heteroatoms. The van der Waals surface area contributed by atoms with E-state index in [1.54, 1.807) is 24.4 Å². The number of nitrogens with one attached hydrogen (secondary N) is 1. The fourth-order valence-corrected chi connectivity index (χ4v) is 4.36. The van der Waals surface area contributed by atoms with Crippen LogP contribution in [-0.4, -0.2) is 20.0 Å². The van der Waals surface area contributed by atoms with E-state index >= 15 is 0 Å². The van der Waals surface area contributed by atoms with Crippen LogP contribution in [0.15, 0.2) is 52.2 Å². The van der Waals surface area contributed by atoms with E-state index in [9.17, 15) is 18.8 Å². The molecule has 0 spiro atoms. The summed E-state index contributed by atoms with van der Waals surface area (Å²) in [5.74, 6) is -0.974. The molecule has 4 rings (SSSR count). The van der Waals surface area contributed by atoms with Gasteiger partial charge in [-0.2, -0.15) is 0 Å². The van der Waals surface area contributed by atoms with Gasteiger partial charge in [0.2, 0.25) is 5.91 Å². The maximum absolute atomic E-state index is 13.4. The number of thiophene rings is 1. The van der Waals surface area contributed by atoms with Crippen molar-refractivity contribution >= 4 is 43.4 Å². The number of amides is 1. The molecular weight excluding hydrogens is 395 g/mol. The van der Waals surface area contributed by atoms with Crippen molar-refractivity contribution in [3.63, 3.8) is 0 Å². The van der Waals surface area contributed by atoms with E-state index in [0.717, 1.165) is 4.57 Å². The Morgan fingerprint density at radius 1 is 1.21 bits per heavy atom. The third kappa shape index (κ3) is 3.44. The molecule has 0 aliphatic carbocycles. The topological polar surface area (TPSA) is 86.0 Å². The Kier molecular flexibility index (Phi) is 4.98. The number of benzene rings is 1. The Morgan fingerprint density at radius 3 is 2.79 bits per heavy atom. The normalized spacial score (nSPS) is 11.2. The van der Waals surface area contributed by atoms with Gasteiger partial charge in [0.05, 0.1) is 5.52 Å². The van der Waals surface area contributed by atoms with Crippen LogP contribution in [-0.2, 0) is 17.9 Å². The standard InChI is InChI=1S/C20H17FN4O3S/c1-2-9-24-19(27)17-16(14-7-4-8-22-18(14)29-17)25(20(24)28)11-15(26)23-13-6-3-5-12(21)10-13/h3-8,10H,2,9,11H2,1H3,(H,23,26). The van der Waals surface area contributed by atoms with E-state index in [2.05, 4.69) is 10.3 Å². The zero-order valence-electron chi connectivity index (χ0n) is 15.5. The number of pyridine rings is 1. The number of carbonyl (C=O) groups excluding carboxylic acids is 1. The van der Waals surface area contributed by atoms with Crippen molar-refractivity contribution in [1.29, 1.82) is 0 Å². The van der Waals surface area contributed by atoms with E-state index in [0.29, 0.717) is 26.9 Å². The van der Waals surface area contributed by atoms with Gasteiger partial charge in [-0.05, 0) is 36.8 Å². The molecule has 0 aliphatic rings. The van der Waals surface area contributed by atoms with Gasteiger partial charge in [-0.25, -0.2) is 14.2 Å². The van der Waals surface area contributed by atoms with Crippen molar-refractivity contribution in [3.8, 4) is 0 Å². The van der Waals surface area contributed by atoms with Crippen LogP contribution in [0.1, 0.15) is 13.3 Å². The van der Waals surface area contributed by atoms with Gasteiger partial charge in [0.15, 0.2) is 0 Å². The largest absolute Gasteiger partial charge is 0.332 e. The fourth-order valence-electron chi connectivity index (χ4n) is 3.26.